The van der Waals surface area contributed by atoms with Gasteiger partial charge in [0.15, 0.2) is 5.11 Å². The van der Waals surface area contributed by atoms with Gasteiger partial charge >= 0.3 is 0 Å². The number of nitrogens with one attached hydrogen (secondary N) is 2. The predicted octanol–water partition coefficient (Wildman–Crippen LogP) is 5.10. The van der Waals surface area contributed by atoms with Gasteiger partial charge in [-0.15, -0.1) is 0 Å². The molecule has 0 aliphatic rings. The van der Waals surface area contributed by atoms with Gasteiger partial charge in [-0.3, -0.25) is 4.79 Å². The number of hydrogen-bond acceptors (Lipinski definition) is 2. The second-order valence-corrected chi connectivity index (χ2v) is 8.50. The lowest BCUT2D eigenvalue weighted by molar-refractivity contribution is 0.397. The number of hydrogen-bond donors (Lipinski definition) is 2. The minimum absolute atomic E-state index is 0.131. The van der Waals surface area contributed by atoms with Crippen LogP contribution in [-0.4, -0.2) is 21.5 Å². The summed E-state index contributed by atoms with van der Waals surface area (Å²) < 4.78 is 13.4. The van der Waals surface area contributed by atoms with E-state index in [1.54, 1.807) is 12.1 Å². The van der Waals surface area contributed by atoms with Crippen LogP contribution in [0.5, 0.6) is 0 Å². The van der Waals surface area contributed by atoms with Crippen LogP contribution in [0.1, 0.15) is 22.3 Å². The van der Waals surface area contributed by atoms with Gasteiger partial charge in [0.2, 0.25) is 0 Å². The Hall–Kier alpha value is -3.51. The Kier molecular flexibility index (Phi) is 7.15. The van der Waals surface area contributed by atoms with E-state index in [4.69, 9.17) is 12.2 Å². The van der Waals surface area contributed by atoms with Gasteiger partial charge in [0.1, 0.15) is 5.82 Å². The molecule has 168 valence electrons. The number of aromatic nitrogens is 1. The zero-order valence-electron chi connectivity index (χ0n) is 18.5. The van der Waals surface area contributed by atoms with Crippen molar-refractivity contribution in [3.63, 3.8) is 0 Å². The third-order valence-corrected chi connectivity index (χ3v) is 6.04. The van der Waals surface area contributed by atoms with E-state index in [2.05, 4.69) is 22.4 Å². The van der Waals surface area contributed by atoms with E-state index in [0.29, 0.717) is 30.3 Å². The Morgan fingerprint density at radius 2 is 1.73 bits per heavy atom. The SMILES string of the molecule is Cc1cccc2cc(CN(Cc3ccc(F)cc3)C(=S)NCCc3ccccc3)c(=O)[nH]c12. The Labute approximate surface area is 198 Å². The number of rotatable bonds is 7. The van der Waals surface area contributed by atoms with E-state index in [1.165, 1.54) is 17.7 Å². The second kappa shape index (κ2) is 10.4. The Morgan fingerprint density at radius 3 is 2.48 bits per heavy atom. The van der Waals surface area contributed by atoms with Crippen LogP contribution in [0.4, 0.5) is 4.39 Å². The number of nitrogens with zero attached hydrogens (tertiary/aromatic N) is 1. The lowest BCUT2D eigenvalue weighted by atomic mass is 10.1. The van der Waals surface area contributed by atoms with Crippen molar-refractivity contribution in [2.24, 2.45) is 0 Å². The molecule has 0 fully saturated rings. The molecule has 3 aromatic carbocycles. The van der Waals surface area contributed by atoms with Crippen molar-refractivity contribution in [1.82, 2.24) is 15.2 Å². The van der Waals surface area contributed by atoms with Crippen LogP contribution in [0.2, 0.25) is 0 Å². The third-order valence-electron chi connectivity index (χ3n) is 5.63. The van der Waals surface area contributed by atoms with Crippen LogP contribution in [-0.2, 0) is 19.5 Å². The summed E-state index contributed by atoms with van der Waals surface area (Å²) in [5, 5.41) is 4.86. The van der Waals surface area contributed by atoms with Crippen molar-refractivity contribution < 1.29 is 4.39 Å². The molecule has 0 saturated heterocycles. The van der Waals surface area contributed by atoms with Crippen molar-refractivity contribution in [1.29, 1.82) is 0 Å². The van der Waals surface area contributed by atoms with Crippen LogP contribution in [0.15, 0.2) is 83.7 Å². The van der Waals surface area contributed by atoms with E-state index >= 15 is 0 Å². The molecule has 0 bridgehead atoms. The molecule has 1 heterocycles. The molecular formula is C27H26FN3OS. The number of halogens is 1. The number of thiocarbonyl (C=S) groups is 1. The molecule has 0 amide bonds. The molecule has 2 N–H and O–H groups in total. The molecule has 33 heavy (non-hydrogen) atoms. The number of aryl methyl sites for hydroxylation is 1. The average molecular weight is 460 g/mol. The maximum Gasteiger partial charge on any atom is 0.253 e. The van der Waals surface area contributed by atoms with E-state index in [0.717, 1.165) is 28.5 Å². The Morgan fingerprint density at radius 1 is 0.970 bits per heavy atom. The fraction of sp³-hybridized carbons (Fsp3) is 0.185. The average Bonchev–Trinajstić information content (AvgIpc) is 2.82. The van der Waals surface area contributed by atoms with Crippen molar-refractivity contribution in [3.05, 3.63) is 117 Å². The van der Waals surface area contributed by atoms with E-state index in [1.807, 2.05) is 54.3 Å². The lowest BCUT2D eigenvalue weighted by Crippen LogP contribution is -2.40. The number of para-hydroxylation sites is 1. The van der Waals surface area contributed by atoms with Crippen LogP contribution in [0, 0.1) is 12.7 Å². The lowest BCUT2D eigenvalue weighted by Gasteiger charge is -2.26. The smallest absolute Gasteiger partial charge is 0.253 e. The predicted molar refractivity (Wildman–Crippen MR) is 136 cm³/mol. The van der Waals surface area contributed by atoms with Crippen LogP contribution >= 0.6 is 12.2 Å². The highest BCUT2D eigenvalue weighted by Crippen LogP contribution is 2.17. The normalized spacial score (nSPS) is 10.8. The summed E-state index contributed by atoms with van der Waals surface area (Å²) in [5.41, 5.74) is 4.50. The quantitative estimate of drug-likeness (QED) is 0.378. The molecule has 0 saturated carbocycles. The van der Waals surface area contributed by atoms with Crippen molar-refractivity contribution in [3.8, 4) is 0 Å². The van der Waals surface area contributed by atoms with E-state index in [9.17, 15) is 9.18 Å². The topological polar surface area (TPSA) is 48.1 Å². The number of fused-ring (bicyclic) bond motifs is 1. The largest absolute Gasteiger partial charge is 0.362 e. The molecule has 4 aromatic rings. The minimum atomic E-state index is -0.282. The molecule has 0 spiro atoms. The maximum absolute atomic E-state index is 13.4. The fourth-order valence-corrected chi connectivity index (χ4v) is 4.06. The first-order valence-corrected chi connectivity index (χ1v) is 11.3. The van der Waals surface area contributed by atoms with Gasteiger partial charge in [-0.1, -0.05) is 60.7 Å². The monoisotopic (exact) mass is 459 g/mol. The number of benzene rings is 3. The van der Waals surface area contributed by atoms with Crippen molar-refractivity contribution in [2.75, 3.05) is 6.54 Å². The molecule has 4 rings (SSSR count). The summed E-state index contributed by atoms with van der Waals surface area (Å²) in [6.45, 7) is 3.46. The molecule has 6 heteroatoms. The highest BCUT2D eigenvalue weighted by atomic mass is 32.1. The number of H-pyrrole nitrogens is 1. The number of pyridine rings is 1. The summed E-state index contributed by atoms with van der Waals surface area (Å²) in [7, 11) is 0. The molecule has 0 radical (unpaired) electrons. The van der Waals surface area contributed by atoms with E-state index < -0.39 is 0 Å². The van der Waals surface area contributed by atoms with Gasteiger partial charge in [0.25, 0.3) is 5.56 Å². The van der Waals surface area contributed by atoms with Crippen molar-refractivity contribution in [2.45, 2.75) is 26.4 Å². The van der Waals surface area contributed by atoms with Gasteiger partial charge in [-0.25, -0.2) is 4.39 Å². The molecular weight excluding hydrogens is 433 g/mol. The van der Waals surface area contributed by atoms with Gasteiger partial charge in [-0.2, -0.15) is 0 Å². The van der Waals surface area contributed by atoms with Crippen LogP contribution in [0.25, 0.3) is 10.9 Å². The van der Waals surface area contributed by atoms with Crippen LogP contribution in [0.3, 0.4) is 0 Å². The van der Waals surface area contributed by atoms with Gasteiger partial charge in [0, 0.05) is 18.7 Å². The first-order valence-electron chi connectivity index (χ1n) is 10.9. The summed E-state index contributed by atoms with van der Waals surface area (Å²) >= 11 is 5.70. The van der Waals surface area contributed by atoms with Gasteiger partial charge in [-0.05, 0) is 65.8 Å². The van der Waals surface area contributed by atoms with E-state index in [-0.39, 0.29) is 11.4 Å². The summed E-state index contributed by atoms with van der Waals surface area (Å²) in [5.74, 6) is -0.282. The molecule has 0 aliphatic heterocycles. The minimum Gasteiger partial charge on any atom is -0.362 e. The molecule has 0 aliphatic carbocycles. The maximum atomic E-state index is 13.4. The highest BCUT2D eigenvalue weighted by Gasteiger charge is 2.14. The highest BCUT2D eigenvalue weighted by molar-refractivity contribution is 7.80. The van der Waals surface area contributed by atoms with Gasteiger partial charge in [0.05, 0.1) is 12.1 Å². The first-order chi connectivity index (χ1) is 16.0. The second-order valence-electron chi connectivity index (χ2n) is 8.11. The summed E-state index contributed by atoms with van der Waals surface area (Å²) in [6.07, 6.45) is 0.835. The Bertz CT molecular complexity index is 1300. The summed E-state index contributed by atoms with van der Waals surface area (Å²) in [4.78, 5) is 17.8. The summed E-state index contributed by atoms with van der Waals surface area (Å²) in [6, 6.07) is 24.4. The standard InChI is InChI=1S/C27H26FN3OS/c1-19-6-5-9-22-16-23(26(32)30-25(19)22)18-31(17-21-10-12-24(28)13-11-21)27(33)29-15-14-20-7-3-2-4-8-20/h2-13,16H,14-15,17-18H2,1H3,(H,29,33)(H,30,32). The third kappa shape index (κ3) is 5.84. The Balaban J connectivity index is 1.55. The van der Waals surface area contributed by atoms with Crippen molar-refractivity contribution >= 4 is 28.2 Å². The molecule has 1 aromatic heterocycles. The van der Waals surface area contributed by atoms with Crippen LogP contribution < -0.4 is 10.9 Å². The fourth-order valence-electron chi connectivity index (χ4n) is 3.83. The molecule has 4 nitrogen and oxygen atoms in total. The first kappa shape index (κ1) is 22.7. The molecule has 0 atom stereocenters. The zero-order chi connectivity index (χ0) is 23.2. The van der Waals surface area contributed by atoms with Gasteiger partial charge < -0.3 is 15.2 Å². The number of aromatic amines is 1. The zero-order valence-corrected chi connectivity index (χ0v) is 19.3. The molecule has 0 unspecified atom stereocenters.